The Morgan fingerprint density at radius 3 is 2.14 bits per heavy atom. The summed E-state index contributed by atoms with van der Waals surface area (Å²) >= 11 is 0. The third-order valence-corrected chi connectivity index (χ3v) is 3.99. The molecule has 1 rings (SSSR count). The van der Waals surface area contributed by atoms with Crippen molar-refractivity contribution in [3.63, 3.8) is 0 Å². The molecule has 0 saturated carbocycles. The van der Waals surface area contributed by atoms with Crippen molar-refractivity contribution in [2.24, 2.45) is 0 Å². The van der Waals surface area contributed by atoms with E-state index in [0.717, 1.165) is 37.7 Å². The highest BCUT2D eigenvalue weighted by atomic mass is 16.5. The van der Waals surface area contributed by atoms with Crippen molar-refractivity contribution in [2.75, 3.05) is 6.61 Å². The molecular formula is C19H32O3. The predicted molar refractivity (Wildman–Crippen MR) is 91.9 cm³/mol. The summed E-state index contributed by atoms with van der Waals surface area (Å²) in [5, 5.41) is 19.6. The van der Waals surface area contributed by atoms with Crippen LogP contribution in [0.1, 0.15) is 77.2 Å². The lowest BCUT2D eigenvalue weighted by Gasteiger charge is -2.14. The van der Waals surface area contributed by atoms with Crippen LogP contribution in [-0.4, -0.2) is 16.8 Å². The molecule has 1 aromatic carbocycles. The maximum Gasteiger partial charge on any atom is 0.200 e. The molecule has 0 bridgehead atoms. The number of aromatic hydroxyl groups is 2. The zero-order valence-electron chi connectivity index (χ0n) is 14.2. The molecule has 0 aliphatic carbocycles. The van der Waals surface area contributed by atoms with E-state index in [1.807, 2.05) is 6.07 Å². The van der Waals surface area contributed by atoms with E-state index in [4.69, 9.17) is 4.74 Å². The number of rotatable bonds is 12. The molecule has 3 nitrogen and oxygen atoms in total. The molecule has 0 amide bonds. The molecule has 0 fully saturated rings. The first kappa shape index (κ1) is 18.7. The van der Waals surface area contributed by atoms with Gasteiger partial charge in [0, 0.05) is 0 Å². The molecule has 1 aromatic rings. The van der Waals surface area contributed by atoms with Crippen molar-refractivity contribution in [1.82, 2.24) is 0 Å². The van der Waals surface area contributed by atoms with E-state index in [0.29, 0.717) is 12.4 Å². The number of phenolic OH excluding ortho intramolecular Hbond substituents is 2. The molecule has 0 unspecified atom stereocenters. The zero-order valence-corrected chi connectivity index (χ0v) is 14.2. The van der Waals surface area contributed by atoms with Crippen LogP contribution in [0.15, 0.2) is 12.1 Å². The summed E-state index contributed by atoms with van der Waals surface area (Å²) in [6.45, 7) is 4.97. The van der Waals surface area contributed by atoms with Gasteiger partial charge in [0.1, 0.15) is 0 Å². The van der Waals surface area contributed by atoms with Crippen molar-refractivity contribution in [1.29, 1.82) is 0 Å². The van der Waals surface area contributed by atoms with Crippen LogP contribution >= 0.6 is 0 Å². The average Bonchev–Trinajstić information content (AvgIpc) is 2.52. The van der Waals surface area contributed by atoms with Gasteiger partial charge in [-0.15, -0.1) is 0 Å². The topological polar surface area (TPSA) is 49.7 Å². The van der Waals surface area contributed by atoms with Crippen LogP contribution in [0.3, 0.4) is 0 Å². The van der Waals surface area contributed by atoms with Gasteiger partial charge in [-0.25, -0.2) is 0 Å². The SMILES string of the molecule is CCCCCCCCCOc1c(CCCC)ccc(O)c1O. The standard InChI is InChI=1S/C19H32O3/c1-3-5-7-8-9-10-11-15-22-19-16(12-6-4-2)13-14-17(20)18(19)21/h13-14,20-21H,3-12,15H2,1-2H3. The van der Waals surface area contributed by atoms with Crippen molar-refractivity contribution in [2.45, 2.75) is 78.1 Å². The monoisotopic (exact) mass is 308 g/mol. The van der Waals surface area contributed by atoms with Crippen LogP contribution in [0.4, 0.5) is 0 Å². The fourth-order valence-electron chi connectivity index (χ4n) is 2.56. The first-order chi connectivity index (χ1) is 10.7. The second-order valence-corrected chi connectivity index (χ2v) is 5.99. The lowest BCUT2D eigenvalue weighted by Crippen LogP contribution is -2.01. The van der Waals surface area contributed by atoms with Crippen LogP contribution < -0.4 is 4.74 Å². The number of hydrogen-bond donors (Lipinski definition) is 2. The number of benzene rings is 1. The highest BCUT2D eigenvalue weighted by Crippen LogP contribution is 2.39. The van der Waals surface area contributed by atoms with Gasteiger partial charge in [0.2, 0.25) is 5.75 Å². The molecule has 126 valence electrons. The second-order valence-electron chi connectivity index (χ2n) is 5.99. The van der Waals surface area contributed by atoms with E-state index >= 15 is 0 Å². The third-order valence-electron chi connectivity index (χ3n) is 3.99. The van der Waals surface area contributed by atoms with E-state index in [9.17, 15) is 10.2 Å². The molecule has 0 aromatic heterocycles. The van der Waals surface area contributed by atoms with Crippen molar-refractivity contribution in [3.8, 4) is 17.2 Å². The number of ether oxygens (including phenoxy) is 1. The molecule has 2 N–H and O–H groups in total. The normalized spacial score (nSPS) is 10.8. The van der Waals surface area contributed by atoms with Gasteiger partial charge in [-0.1, -0.05) is 64.9 Å². The Morgan fingerprint density at radius 2 is 1.45 bits per heavy atom. The maximum atomic E-state index is 10.0. The van der Waals surface area contributed by atoms with Gasteiger partial charge < -0.3 is 14.9 Å². The molecule has 0 spiro atoms. The Labute approximate surface area is 135 Å². The summed E-state index contributed by atoms with van der Waals surface area (Å²) in [4.78, 5) is 0. The van der Waals surface area contributed by atoms with Crippen LogP contribution in [0.2, 0.25) is 0 Å². The van der Waals surface area contributed by atoms with Crippen LogP contribution in [-0.2, 0) is 6.42 Å². The van der Waals surface area contributed by atoms with Crippen LogP contribution in [0.5, 0.6) is 17.2 Å². The van der Waals surface area contributed by atoms with E-state index in [1.165, 1.54) is 32.1 Å². The second kappa shape index (κ2) is 11.2. The molecule has 0 radical (unpaired) electrons. The van der Waals surface area contributed by atoms with Crippen LogP contribution in [0, 0.1) is 0 Å². The lowest BCUT2D eigenvalue weighted by molar-refractivity contribution is 0.280. The zero-order chi connectivity index (χ0) is 16.2. The quantitative estimate of drug-likeness (QED) is 0.392. The van der Waals surface area contributed by atoms with Gasteiger partial charge in [0.05, 0.1) is 6.61 Å². The fourth-order valence-corrected chi connectivity index (χ4v) is 2.56. The Morgan fingerprint density at radius 1 is 0.818 bits per heavy atom. The number of phenols is 2. The minimum Gasteiger partial charge on any atom is -0.504 e. The van der Waals surface area contributed by atoms with Gasteiger partial charge in [-0.2, -0.15) is 0 Å². The molecular weight excluding hydrogens is 276 g/mol. The molecule has 0 aliphatic rings. The van der Waals surface area contributed by atoms with E-state index in [2.05, 4.69) is 13.8 Å². The number of aryl methyl sites for hydroxylation is 1. The number of hydrogen-bond acceptors (Lipinski definition) is 3. The maximum absolute atomic E-state index is 10.0. The van der Waals surface area contributed by atoms with E-state index in [1.54, 1.807) is 6.07 Å². The van der Waals surface area contributed by atoms with Gasteiger partial charge in [0.25, 0.3) is 0 Å². The summed E-state index contributed by atoms with van der Waals surface area (Å²) in [6, 6.07) is 3.39. The van der Waals surface area contributed by atoms with Gasteiger partial charge in [-0.3, -0.25) is 0 Å². The molecule has 3 heteroatoms. The highest BCUT2D eigenvalue weighted by Gasteiger charge is 2.13. The summed E-state index contributed by atoms with van der Waals surface area (Å²) in [5.41, 5.74) is 0.986. The average molecular weight is 308 g/mol. The highest BCUT2D eigenvalue weighted by molar-refractivity contribution is 5.54. The van der Waals surface area contributed by atoms with Gasteiger partial charge in [-0.05, 0) is 30.9 Å². The minimum atomic E-state index is -0.114. The first-order valence-corrected chi connectivity index (χ1v) is 8.87. The van der Waals surface area contributed by atoms with Gasteiger partial charge >= 0.3 is 0 Å². The Hall–Kier alpha value is -1.38. The summed E-state index contributed by atoms with van der Waals surface area (Å²) in [7, 11) is 0. The third kappa shape index (κ3) is 6.59. The lowest BCUT2D eigenvalue weighted by atomic mass is 10.1. The molecule has 0 atom stereocenters. The van der Waals surface area contributed by atoms with Crippen LogP contribution in [0.25, 0.3) is 0 Å². The van der Waals surface area contributed by atoms with Crippen molar-refractivity contribution < 1.29 is 14.9 Å². The minimum absolute atomic E-state index is 0.102. The molecule has 22 heavy (non-hydrogen) atoms. The molecule has 0 saturated heterocycles. The van der Waals surface area contributed by atoms with E-state index in [-0.39, 0.29) is 11.5 Å². The van der Waals surface area contributed by atoms with Crippen molar-refractivity contribution in [3.05, 3.63) is 17.7 Å². The Bertz CT molecular complexity index is 415. The van der Waals surface area contributed by atoms with Gasteiger partial charge in [0.15, 0.2) is 11.5 Å². The smallest absolute Gasteiger partial charge is 0.200 e. The van der Waals surface area contributed by atoms with Crippen molar-refractivity contribution >= 4 is 0 Å². The largest absolute Gasteiger partial charge is 0.504 e. The molecule has 0 aliphatic heterocycles. The fraction of sp³-hybridized carbons (Fsp3) is 0.684. The predicted octanol–water partition coefficient (Wildman–Crippen LogP) is 5.57. The number of unbranched alkanes of at least 4 members (excludes halogenated alkanes) is 7. The first-order valence-electron chi connectivity index (χ1n) is 8.87. The van der Waals surface area contributed by atoms with E-state index < -0.39 is 0 Å². The summed E-state index contributed by atoms with van der Waals surface area (Å²) in [6.07, 6.45) is 11.7. The Kier molecular flexibility index (Phi) is 9.52. The summed E-state index contributed by atoms with van der Waals surface area (Å²) in [5.74, 6) is 0.255. The Balaban J connectivity index is 2.38. The summed E-state index contributed by atoms with van der Waals surface area (Å²) < 4.78 is 5.76. The molecule has 0 heterocycles.